The lowest BCUT2D eigenvalue weighted by molar-refractivity contribution is -0.142. The highest BCUT2D eigenvalue weighted by Gasteiger charge is 2.24. The molecule has 0 atom stereocenters. The van der Waals surface area contributed by atoms with E-state index in [0.29, 0.717) is 34.5 Å². The second kappa shape index (κ2) is 13.5. The molecule has 0 spiro atoms. The predicted molar refractivity (Wildman–Crippen MR) is 138 cm³/mol. The molecule has 2 amide bonds. The fraction of sp³-hybridized carbons (Fsp3) is 0.385. The molecule has 3 rings (SSSR count). The van der Waals surface area contributed by atoms with E-state index < -0.39 is 11.8 Å². The summed E-state index contributed by atoms with van der Waals surface area (Å²) >= 11 is 5.85. The van der Waals surface area contributed by atoms with Gasteiger partial charge in [0.2, 0.25) is 0 Å². The Kier molecular flexibility index (Phi) is 10.1. The number of benzene rings is 2. The molecule has 2 aromatic rings. The number of amides is 2. The fourth-order valence-electron chi connectivity index (χ4n) is 4.16. The van der Waals surface area contributed by atoms with E-state index >= 15 is 0 Å². The first-order valence-corrected chi connectivity index (χ1v) is 12.2. The Labute approximate surface area is 215 Å². The van der Waals surface area contributed by atoms with Crippen molar-refractivity contribution in [2.75, 3.05) is 26.1 Å². The zero-order chi connectivity index (χ0) is 25.9. The first-order chi connectivity index (χ1) is 17.4. The molecule has 0 aliphatic heterocycles. The first-order valence-electron chi connectivity index (χ1n) is 11.8. The molecule has 0 saturated heterocycles. The number of methoxy groups -OCH3 is 1. The van der Waals surface area contributed by atoms with Crippen LogP contribution in [0.5, 0.6) is 0 Å². The molecule has 0 bridgehead atoms. The molecule has 2 aromatic carbocycles. The number of halogens is 1. The summed E-state index contributed by atoms with van der Waals surface area (Å²) in [4.78, 5) is 36.2. The van der Waals surface area contributed by atoms with Crippen molar-refractivity contribution in [2.45, 2.75) is 38.0 Å². The molecule has 0 radical (unpaired) electrons. The van der Waals surface area contributed by atoms with Gasteiger partial charge >= 0.3 is 12.0 Å². The molecule has 0 heterocycles. The molecule has 10 heteroatoms. The van der Waals surface area contributed by atoms with E-state index in [1.807, 2.05) is 24.3 Å². The minimum absolute atomic E-state index is 0.134. The van der Waals surface area contributed by atoms with Crippen LogP contribution in [0.4, 0.5) is 5.69 Å². The Morgan fingerprint density at radius 1 is 1.00 bits per heavy atom. The summed E-state index contributed by atoms with van der Waals surface area (Å²) in [5.74, 6) is -0.154. The number of hydrogen-bond donors (Lipinski definition) is 3. The van der Waals surface area contributed by atoms with Gasteiger partial charge in [-0.25, -0.2) is 0 Å². The Morgan fingerprint density at radius 2 is 1.67 bits per heavy atom. The number of rotatable bonds is 8. The summed E-state index contributed by atoms with van der Waals surface area (Å²) in [6.45, 7) is -0.340. The monoisotopic (exact) mass is 514 g/mol. The number of nitrogens with one attached hydrogen (secondary N) is 3. The van der Waals surface area contributed by atoms with Crippen molar-refractivity contribution in [2.24, 2.45) is 11.0 Å². The SMILES string of the molecule is CN/N=C(/NC(=O)c1ccc(Cl)cc1)OCC(=O)Nc1ccc(C2CCC(CC(=O)OC)CC2)cc1. The molecule has 36 heavy (non-hydrogen) atoms. The third kappa shape index (κ3) is 8.27. The van der Waals surface area contributed by atoms with Crippen LogP contribution in [0.25, 0.3) is 0 Å². The van der Waals surface area contributed by atoms with Gasteiger partial charge in [0.05, 0.1) is 7.11 Å². The standard InChI is InChI=1S/C26H31ClN4O5/c1-28-31-26(30-25(34)20-7-11-21(27)12-8-20)36-16-23(32)29-22-13-9-19(10-14-22)18-5-3-17(4-6-18)15-24(33)35-2/h7-14,17-18,28H,3-6,15-16H2,1-2H3,(H,29,32)(H,30,31,34). The number of anilines is 1. The van der Waals surface area contributed by atoms with Gasteiger partial charge in [-0.15, -0.1) is 5.10 Å². The molecule has 1 aliphatic rings. The molecule has 9 nitrogen and oxygen atoms in total. The van der Waals surface area contributed by atoms with E-state index in [-0.39, 0.29) is 18.6 Å². The quantitative estimate of drug-likeness (QED) is 0.212. The maximum Gasteiger partial charge on any atom is 0.313 e. The molecule has 1 saturated carbocycles. The molecule has 3 N–H and O–H groups in total. The van der Waals surface area contributed by atoms with Crippen LogP contribution in [0.3, 0.4) is 0 Å². The Hall–Kier alpha value is -3.59. The van der Waals surface area contributed by atoms with Gasteiger partial charge in [0.1, 0.15) is 0 Å². The topological polar surface area (TPSA) is 118 Å². The summed E-state index contributed by atoms with van der Waals surface area (Å²) in [7, 11) is 2.97. The summed E-state index contributed by atoms with van der Waals surface area (Å²) in [6, 6.07) is 14.0. The minimum atomic E-state index is -0.448. The van der Waals surface area contributed by atoms with Gasteiger partial charge in [0.15, 0.2) is 6.61 Å². The van der Waals surface area contributed by atoms with Gasteiger partial charge in [-0.2, -0.15) is 0 Å². The number of amidine groups is 1. The Bertz CT molecular complexity index is 1060. The number of carbonyl (C=O) groups excluding carboxylic acids is 3. The van der Waals surface area contributed by atoms with Crippen LogP contribution in [-0.2, 0) is 19.1 Å². The van der Waals surface area contributed by atoms with Crippen molar-refractivity contribution in [1.29, 1.82) is 0 Å². The van der Waals surface area contributed by atoms with Gasteiger partial charge in [-0.3, -0.25) is 19.7 Å². The van der Waals surface area contributed by atoms with Crippen molar-refractivity contribution in [3.8, 4) is 0 Å². The van der Waals surface area contributed by atoms with Crippen molar-refractivity contribution >= 4 is 41.1 Å². The van der Waals surface area contributed by atoms with Gasteiger partial charge in [-0.05, 0) is 79.5 Å². The average Bonchev–Trinajstić information content (AvgIpc) is 2.88. The van der Waals surface area contributed by atoms with Gasteiger partial charge < -0.3 is 20.2 Å². The average molecular weight is 515 g/mol. The molecule has 1 fully saturated rings. The number of ether oxygens (including phenoxy) is 2. The lowest BCUT2D eigenvalue weighted by Crippen LogP contribution is -2.35. The number of nitrogens with zero attached hydrogens (tertiary/aromatic N) is 1. The maximum absolute atomic E-state index is 12.4. The second-order valence-corrected chi connectivity index (χ2v) is 8.99. The lowest BCUT2D eigenvalue weighted by atomic mass is 9.77. The van der Waals surface area contributed by atoms with Crippen LogP contribution in [0.1, 0.15) is 53.9 Å². The van der Waals surface area contributed by atoms with Gasteiger partial charge in [-0.1, -0.05) is 23.7 Å². The number of hydrogen-bond acceptors (Lipinski definition) is 7. The van der Waals surface area contributed by atoms with Crippen molar-refractivity contribution in [3.63, 3.8) is 0 Å². The maximum atomic E-state index is 12.4. The summed E-state index contributed by atoms with van der Waals surface area (Å²) in [6.07, 6.45) is 4.54. The molecule has 0 unspecified atom stereocenters. The van der Waals surface area contributed by atoms with Crippen LogP contribution in [0.2, 0.25) is 5.02 Å². The van der Waals surface area contributed by atoms with E-state index in [4.69, 9.17) is 21.1 Å². The van der Waals surface area contributed by atoms with Crippen molar-refractivity contribution < 1.29 is 23.9 Å². The van der Waals surface area contributed by atoms with Crippen molar-refractivity contribution in [3.05, 3.63) is 64.7 Å². The molecular weight excluding hydrogens is 484 g/mol. The van der Waals surface area contributed by atoms with Crippen LogP contribution in [-0.4, -0.2) is 44.6 Å². The summed E-state index contributed by atoms with van der Waals surface area (Å²) in [5, 5.41) is 9.66. The van der Waals surface area contributed by atoms with Gasteiger partial charge in [0.25, 0.3) is 11.8 Å². The fourth-order valence-corrected chi connectivity index (χ4v) is 4.28. The number of carbonyl (C=O) groups is 3. The van der Waals surface area contributed by atoms with E-state index in [1.165, 1.54) is 12.7 Å². The molecule has 1 aliphatic carbocycles. The predicted octanol–water partition coefficient (Wildman–Crippen LogP) is 4.05. The number of hydrazone groups is 1. The van der Waals surface area contributed by atoms with E-state index in [2.05, 4.69) is 21.2 Å². The second-order valence-electron chi connectivity index (χ2n) is 8.56. The van der Waals surface area contributed by atoms with E-state index in [1.54, 1.807) is 31.3 Å². The zero-order valence-corrected chi connectivity index (χ0v) is 21.1. The van der Waals surface area contributed by atoms with Crippen LogP contribution >= 0.6 is 11.6 Å². The van der Waals surface area contributed by atoms with Crippen LogP contribution < -0.4 is 16.1 Å². The summed E-state index contributed by atoms with van der Waals surface area (Å²) < 4.78 is 10.2. The smallest absolute Gasteiger partial charge is 0.313 e. The summed E-state index contributed by atoms with van der Waals surface area (Å²) in [5.41, 5.74) is 4.76. The highest BCUT2D eigenvalue weighted by Crippen LogP contribution is 2.37. The Balaban J connectivity index is 1.46. The highest BCUT2D eigenvalue weighted by atomic mass is 35.5. The molecule has 192 valence electrons. The lowest BCUT2D eigenvalue weighted by Gasteiger charge is -2.28. The largest absolute Gasteiger partial charge is 0.469 e. The molecule has 0 aromatic heterocycles. The normalized spacial score (nSPS) is 17.6. The van der Waals surface area contributed by atoms with Crippen LogP contribution in [0.15, 0.2) is 53.6 Å². The third-order valence-corrected chi connectivity index (χ3v) is 6.33. The van der Waals surface area contributed by atoms with E-state index in [0.717, 1.165) is 25.7 Å². The Morgan fingerprint density at radius 3 is 2.28 bits per heavy atom. The molecular formula is C26H31ClN4O5. The zero-order valence-electron chi connectivity index (χ0n) is 20.4. The highest BCUT2D eigenvalue weighted by molar-refractivity contribution is 6.30. The first kappa shape index (κ1) is 27.0. The van der Waals surface area contributed by atoms with Crippen molar-refractivity contribution in [1.82, 2.24) is 10.7 Å². The van der Waals surface area contributed by atoms with Crippen LogP contribution in [0, 0.1) is 5.92 Å². The number of esters is 1. The van der Waals surface area contributed by atoms with E-state index in [9.17, 15) is 14.4 Å². The minimum Gasteiger partial charge on any atom is -0.469 e. The third-order valence-electron chi connectivity index (χ3n) is 6.08. The van der Waals surface area contributed by atoms with Gasteiger partial charge in [0, 0.05) is 29.7 Å².